The van der Waals surface area contributed by atoms with Gasteiger partial charge in [-0.05, 0) is 54.1 Å². The molecule has 1 fully saturated rings. The third kappa shape index (κ3) is 4.70. The summed E-state index contributed by atoms with van der Waals surface area (Å²) < 4.78 is 10.4. The number of benzene rings is 2. The molecular weight excluding hydrogens is 354 g/mol. The second kappa shape index (κ2) is 8.30. The molecule has 1 aliphatic heterocycles. The highest BCUT2D eigenvalue weighted by atomic mass is 32.2. The van der Waals surface area contributed by atoms with Crippen molar-refractivity contribution in [2.24, 2.45) is 10.2 Å². The Morgan fingerprint density at radius 2 is 1.81 bits per heavy atom. The zero-order valence-corrected chi connectivity index (χ0v) is 14.7. The van der Waals surface area contributed by atoms with E-state index in [9.17, 15) is 9.59 Å². The number of carbonyl (C=O) groups is 2. The van der Waals surface area contributed by atoms with Crippen LogP contribution in [0.3, 0.4) is 0 Å². The van der Waals surface area contributed by atoms with E-state index in [0.717, 1.165) is 5.56 Å². The zero-order chi connectivity index (χ0) is 18.4. The molecule has 0 aliphatic carbocycles. The monoisotopic (exact) mass is 369 g/mol. The number of amides is 1. The summed E-state index contributed by atoms with van der Waals surface area (Å²) in [5, 5.41) is 10.9. The van der Waals surface area contributed by atoms with Gasteiger partial charge in [-0.25, -0.2) is 4.79 Å². The van der Waals surface area contributed by atoms with E-state index in [2.05, 4.69) is 15.5 Å². The summed E-state index contributed by atoms with van der Waals surface area (Å²) in [5.74, 6) is 0.932. The third-order valence-electron chi connectivity index (χ3n) is 3.36. The Kier molecular flexibility index (Phi) is 5.65. The summed E-state index contributed by atoms with van der Waals surface area (Å²) in [7, 11) is 1.56. The van der Waals surface area contributed by atoms with E-state index in [1.807, 2.05) is 0 Å². The van der Waals surface area contributed by atoms with Gasteiger partial charge in [-0.15, -0.1) is 5.10 Å². The second-order valence-electron chi connectivity index (χ2n) is 5.17. The lowest BCUT2D eigenvalue weighted by Gasteiger charge is -2.05. The van der Waals surface area contributed by atoms with Gasteiger partial charge in [0.05, 0.1) is 24.6 Å². The molecule has 0 atom stereocenters. The summed E-state index contributed by atoms with van der Waals surface area (Å²) in [6.07, 6.45) is 1.55. The molecule has 3 rings (SSSR count). The van der Waals surface area contributed by atoms with Crippen LogP contribution in [0.4, 0.5) is 0 Å². The molecule has 1 amide bonds. The van der Waals surface area contributed by atoms with Crippen LogP contribution in [0, 0.1) is 0 Å². The lowest BCUT2D eigenvalue weighted by Crippen LogP contribution is -2.19. The molecule has 1 aliphatic rings. The molecular formula is C18H15N3O4S. The van der Waals surface area contributed by atoms with E-state index in [-0.39, 0.29) is 5.91 Å². The molecule has 2 aromatic rings. The molecule has 26 heavy (non-hydrogen) atoms. The van der Waals surface area contributed by atoms with E-state index < -0.39 is 5.97 Å². The van der Waals surface area contributed by atoms with Crippen LogP contribution in [0.1, 0.15) is 15.9 Å². The molecule has 1 heterocycles. The summed E-state index contributed by atoms with van der Waals surface area (Å²) in [5.41, 5.74) is 1.22. The maximum Gasteiger partial charge on any atom is 0.343 e. The number of esters is 1. The van der Waals surface area contributed by atoms with E-state index in [4.69, 9.17) is 9.47 Å². The van der Waals surface area contributed by atoms with Crippen LogP contribution < -0.4 is 14.8 Å². The smallest absolute Gasteiger partial charge is 0.343 e. The largest absolute Gasteiger partial charge is 0.497 e. The molecule has 0 aromatic heterocycles. The molecule has 132 valence electrons. The zero-order valence-electron chi connectivity index (χ0n) is 13.8. The fourth-order valence-corrected chi connectivity index (χ4v) is 2.67. The Hall–Kier alpha value is -3.13. The second-order valence-corrected chi connectivity index (χ2v) is 6.14. The quantitative estimate of drug-likeness (QED) is 0.378. The molecule has 0 bridgehead atoms. The van der Waals surface area contributed by atoms with Crippen molar-refractivity contribution in [1.29, 1.82) is 0 Å². The van der Waals surface area contributed by atoms with Crippen molar-refractivity contribution < 1.29 is 19.1 Å². The number of nitrogens with one attached hydrogen (secondary N) is 1. The third-order valence-corrected chi connectivity index (χ3v) is 4.22. The van der Waals surface area contributed by atoms with Gasteiger partial charge >= 0.3 is 5.97 Å². The maximum atomic E-state index is 12.1. The van der Waals surface area contributed by atoms with Crippen molar-refractivity contribution in [2.45, 2.75) is 0 Å². The number of nitrogens with zero attached hydrogens (tertiary/aromatic N) is 2. The Morgan fingerprint density at radius 3 is 2.42 bits per heavy atom. The van der Waals surface area contributed by atoms with Gasteiger partial charge in [0.15, 0.2) is 5.17 Å². The molecule has 1 N–H and O–H groups in total. The van der Waals surface area contributed by atoms with E-state index in [1.165, 1.54) is 11.8 Å². The van der Waals surface area contributed by atoms with Crippen molar-refractivity contribution in [3.05, 3.63) is 59.7 Å². The van der Waals surface area contributed by atoms with Gasteiger partial charge in [-0.3, -0.25) is 4.79 Å². The Bertz CT molecular complexity index is 861. The van der Waals surface area contributed by atoms with E-state index in [0.29, 0.717) is 28.0 Å². The van der Waals surface area contributed by atoms with Gasteiger partial charge in [-0.2, -0.15) is 5.10 Å². The molecule has 0 saturated carbocycles. The fourth-order valence-electron chi connectivity index (χ4n) is 2.04. The van der Waals surface area contributed by atoms with Crippen LogP contribution in [0.2, 0.25) is 0 Å². The van der Waals surface area contributed by atoms with Crippen molar-refractivity contribution in [1.82, 2.24) is 5.32 Å². The lowest BCUT2D eigenvalue weighted by atomic mass is 10.2. The van der Waals surface area contributed by atoms with E-state index >= 15 is 0 Å². The van der Waals surface area contributed by atoms with Gasteiger partial charge in [0, 0.05) is 0 Å². The Labute approximate surface area is 154 Å². The first-order valence-corrected chi connectivity index (χ1v) is 8.62. The Balaban J connectivity index is 1.58. The SMILES string of the molecule is COc1ccc(C(=O)Oc2ccc(/C=N/N=C3/NC(=O)CS3)cc2)cc1. The van der Waals surface area contributed by atoms with E-state index in [1.54, 1.807) is 61.9 Å². The van der Waals surface area contributed by atoms with Crippen LogP contribution in [0.25, 0.3) is 0 Å². The molecule has 7 nitrogen and oxygen atoms in total. The number of thioether (sulfide) groups is 1. The highest BCUT2D eigenvalue weighted by Gasteiger charge is 2.15. The van der Waals surface area contributed by atoms with Crippen LogP contribution in [0.15, 0.2) is 58.7 Å². The van der Waals surface area contributed by atoms with Gasteiger partial charge in [0.25, 0.3) is 0 Å². The van der Waals surface area contributed by atoms with Crippen LogP contribution in [-0.4, -0.2) is 36.1 Å². The summed E-state index contributed by atoms with van der Waals surface area (Å²) in [6, 6.07) is 13.5. The minimum Gasteiger partial charge on any atom is -0.497 e. The van der Waals surface area contributed by atoms with Crippen molar-refractivity contribution in [2.75, 3.05) is 12.9 Å². The standard InChI is InChI=1S/C18H15N3O4S/c1-24-14-8-4-13(5-9-14)17(23)25-15-6-2-12(3-7-15)10-19-21-18-20-16(22)11-26-18/h2-10H,11H2,1H3,(H,20,21,22)/b19-10+. The van der Waals surface area contributed by atoms with Crippen LogP contribution in [0.5, 0.6) is 11.5 Å². The highest BCUT2D eigenvalue weighted by molar-refractivity contribution is 8.15. The predicted octanol–water partition coefficient (Wildman–Crippen LogP) is 2.47. The van der Waals surface area contributed by atoms with Gasteiger partial charge in [0.2, 0.25) is 5.91 Å². The Morgan fingerprint density at radius 1 is 1.12 bits per heavy atom. The minimum atomic E-state index is -0.450. The van der Waals surface area contributed by atoms with Gasteiger partial charge in [-0.1, -0.05) is 11.8 Å². The number of rotatable bonds is 5. The molecule has 0 radical (unpaired) electrons. The average molecular weight is 369 g/mol. The number of hydrogen-bond donors (Lipinski definition) is 1. The first-order valence-electron chi connectivity index (χ1n) is 7.64. The average Bonchev–Trinajstić information content (AvgIpc) is 3.08. The van der Waals surface area contributed by atoms with Crippen LogP contribution in [-0.2, 0) is 4.79 Å². The van der Waals surface area contributed by atoms with Gasteiger partial charge in [0.1, 0.15) is 11.5 Å². The van der Waals surface area contributed by atoms with Crippen LogP contribution >= 0.6 is 11.8 Å². The van der Waals surface area contributed by atoms with Crippen molar-refractivity contribution >= 4 is 35.0 Å². The molecule has 1 saturated heterocycles. The minimum absolute atomic E-state index is 0.0769. The first-order chi connectivity index (χ1) is 12.6. The predicted molar refractivity (Wildman–Crippen MR) is 100 cm³/mol. The summed E-state index contributed by atoms with van der Waals surface area (Å²) in [4.78, 5) is 23.1. The van der Waals surface area contributed by atoms with Crippen molar-refractivity contribution in [3.8, 4) is 11.5 Å². The van der Waals surface area contributed by atoms with Gasteiger partial charge < -0.3 is 14.8 Å². The summed E-state index contributed by atoms with van der Waals surface area (Å²) in [6.45, 7) is 0. The summed E-state index contributed by atoms with van der Waals surface area (Å²) >= 11 is 1.31. The highest BCUT2D eigenvalue weighted by Crippen LogP contribution is 2.16. The molecule has 0 unspecified atom stereocenters. The lowest BCUT2D eigenvalue weighted by molar-refractivity contribution is -0.116. The maximum absolute atomic E-state index is 12.1. The molecule has 8 heteroatoms. The number of amidine groups is 1. The normalized spacial score (nSPS) is 15.3. The number of methoxy groups -OCH3 is 1. The van der Waals surface area contributed by atoms with Crippen molar-refractivity contribution in [3.63, 3.8) is 0 Å². The molecule has 2 aromatic carbocycles. The topological polar surface area (TPSA) is 89.3 Å². The number of hydrogen-bond acceptors (Lipinski definition) is 7. The fraction of sp³-hybridized carbons (Fsp3) is 0.111. The number of carbonyl (C=O) groups excluding carboxylic acids is 2. The first kappa shape index (κ1) is 17.7. The molecule has 0 spiro atoms. The number of ether oxygens (including phenoxy) is 2.